The summed E-state index contributed by atoms with van der Waals surface area (Å²) in [5.74, 6) is -1.91. The molecule has 0 aliphatic carbocycles. The molecule has 1 amide bonds. The molecule has 2 heterocycles. The Morgan fingerprint density at radius 2 is 1.93 bits per heavy atom. The summed E-state index contributed by atoms with van der Waals surface area (Å²) in [6.45, 7) is 3.62. The Morgan fingerprint density at radius 1 is 1.23 bits per heavy atom. The number of benzene rings is 1. The van der Waals surface area contributed by atoms with Crippen molar-refractivity contribution < 1.29 is 28.2 Å². The minimum Gasteiger partial charge on any atom is -0.465 e. The second kappa shape index (κ2) is 8.83. The Balaban J connectivity index is 1.86. The Bertz CT molecular complexity index is 1000. The lowest BCUT2D eigenvalue weighted by Crippen LogP contribution is -2.42. The van der Waals surface area contributed by atoms with Crippen LogP contribution in [0.4, 0.5) is 15.1 Å². The number of methoxy groups -OCH3 is 2. The van der Waals surface area contributed by atoms with Crippen LogP contribution in [0.2, 0.25) is 0 Å². The summed E-state index contributed by atoms with van der Waals surface area (Å²) in [6.07, 6.45) is 1.53. The van der Waals surface area contributed by atoms with E-state index in [1.165, 1.54) is 26.4 Å². The first-order valence-electron chi connectivity index (χ1n) is 9.41. The lowest BCUT2D eigenvalue weighted by molar-refractivity contribution is -0.115. The molecule has 1 aromatic carbocycles. The van der Waals surface area contributed by atoms with Gasteiger partial charge in [-0.15, -0.1) is 11.3 Å². The molecule has 1 unspecified atom stereocenters. The number of fused-ring (bicyclic) bond motifs is 1. The number of nitrogens with one attached hydrogen (secondary N) is 1. The van der Waals surface area contributed by atoms with E-state index >= 15 is 0 Å². The third-order valence-electron chi connectivity index (χ3n) is 5.19. The molecule has 1 atom stereocenters. The third kappa shape index (κ3) is 4.16. The van der Waals surface area contributed by atoms with Gasteiger partial charge < -0.3 is 19.7 Å². The number of ether oxygens (including phenoxy) is 2. The highest BCUT2D eigenvalue weighted by molar-refractivity contribution is 7.18. The van der Waals surface area contributed by atoms with Gasteiger partial charge in [-0.25, -0.2) is 14.0 Å². The average Bonchev–Trinajstić information content (AvgIpc) is 3.04. The molecule has 0 radical (unpaired) electrons. The number of thiophene rings is 1. The highest BCUT2D eigenvalue weighted by Crippen LogP contribution is 2.35. The highest BCUT2D eigenvalue weighted by Gasteiger charge is 2.29. The van der Waals surface area contributed by atoms with E-state index in [-0.39, 0.29) is 39.8 Å². The zero-order chi connectivity index (χ0) is 22.0. The predicted octanol–water partition coefficient (Wildman–Crippen LogP) is 3.55. The number of hydrogen-bond acceptors (Lipinski definition) is 7. The van der Waals surface area contributed by atoms with Crippen molar-refractivity contribution in [2.75, 3.05) is 31.0 Å². The summed E-state index contributed by atoms with van der Waals surface area (Å²) in [6, 6.07) is 4.64. The van der Waals surface area contributed by atoms with Crippen LogP contribution in [0.3, 0.4) is 0 Å². The van der Waals surface area contributed by atoms with Crippen molar-refractivity contribution >= 4 is 39.9 Å². The van der Waals surface area contributed by atoms with E-state index in [1.807, 2.05) is 11.8 Å². The Labute approximate surface area is 177 Å². The fourth-order valence-corrected chi connectivity index (χ4v) is 4.72. The van der Waals surface area contributed by atoms with Crippen molar-refractivity contribution in [3.05, 3.63) is 45.6 Å². The molecule has 1 aliphatic heterocycles. The minimum atomic E-state index is -0.652. The van der Waals surface area contributed by atoms with Crippen LogP contribution in [0, 0.1) is 12.7 Å². The summed E-state index contributed by atoms with van der Waals surface area (Å²) < 4.78 is 23.1. The maximum atomic E-state index is 13.6. The first-order valence-corrected chi connectivity index (χ1v) is 10.2. The van der Waals surface area contributed by atoms with Crippen molar-refractivity contribution in [3.8, 4) is 0 Å². The molecule has 0 saturated carbocycles. The van der Waals surface area contributed by atoms with Gasteiger partial charge in [-0.2, -0.15) is 0 Å². The van der Waals surface area contributed by atoms with Gasteiger partial charge in [0, 0.05) is 11.7 Å². The number of amides is 1. The van der Waals surface area contributed by atoms with Crippen molar-refractivity contribution in [3.63, 3.8) is 0 Å². The molecular weight excluding hydrogens is 411 g/mol. The van der Waals surface area contributed by atoms with Gasteiger partial charge in [-0.3, -0.25) is 4.79 Å². The SMILES string of the molecule is COC(=O)c1sc(NC(=O)CN2c3ccc(F)cc3CCC2C)c(C(=O)OC)c1C. The van der Waals surface area contributed by atoms with Gasteiger partial charge in [-0.1, -0.05) is 0 Å². The molecular formula is C21H23FN2O5S. The number of carbonyl (C=O) groups excluding carboxylic acids is 3. The lowest BCUT2D eigenvalue weighted by Gasteiger charge is -2.36. The quantitative estimate of drug-likeness (QED) is 0.725. The van der Waals surface area contributed by atoms with Crippen LogP contribution < -0.4 is 10.2 Å². The Hall–Kier alpha value is -2.94. The van der Waals surface area contributed by atoms with Crippen LogP contribution in [0.1, 0.15) is 44.5 Å². The zero-order valence-electron chi connectivity index (χ0n) is 17.2. The first-order chi connectivity index (χ1) is 14.3. The maximum Gasteiger partial charge on any atom is 0.348 e. The van der Waals surface area contributed by atoms with E-state index in [0.29, 0.717) is 5.56 Å². The van der Waals surface area contributed by atoms with Gasteiger partial charge in [0.05, 0.1) is 26.3 Å². The fourth-order valence-electron chi connectivity index (χ4n) is 3.59. The third-order valence-corrected chi connectivity index (χ3v) is 6.38. The van der Waals surface area contributed by atoms with Crippen molar-refractivity contribution in [2.24, 2.45) is 0 Å². The largest absolute Gasteiger partial charge is 0.465 e. The fraction of sp³-hybridized carbons (Fsp3) is 0.381. The standard InChI is InChI=1S/C21H23FN2O5S/c1-11-5-6-13-9-14(22)7-8-15(13)24(11)10-16(25)23-19-17(20(26)28-3)12(2)18(30-19)21(27)29-4/h7-9,11H,5-6,10H2,1-4H3,(H,23,25). The first kappa shape index (κ1) is 21.8. The van der Waals surface area contributed by atoms with Crippen LogP contribution in [0.5, 0.6) is 0 Å². The minimum absolute atomic E-state index is 0.0188. The lowest BCUT2D eigenvalue weighted by atomic mass is 9.96. The topological polar surface area (TPSA) is 84.9 Å². The van der Waals surface area contributed by atoms with Crippen molar-refractivity contribution in [1.82, 2.24) is 0 Å². The summed E-state index contributed by atoms with van der Waals surface area (Å²) in [5.41, 5.74) is 2.19. The smallest absolute Gasteiger partial charge is 0.348 e. The number of nitrogens with zero attached hydrogens (tertiary/aromatic N) is 1. The molecule has 160 valence electrons. The number of carbonyl (C=O) groups is 3. The number of aryl methyl sites for hydroxylation is 1. The van der Waals surface area contributed by atoms with Gasteiger partial charge in [0.1, 0.15) is 15.7 Å². The van der Waals surface area contributed by atoms with Gasteiger partial charge in [-0.05, 0) is 56.0 Å². The van der Waals surface area contributed by atoms with E-state index in [1.54, 1.807) is 13.0 Å². The summed E-state index contributed by atoms with van der Waals surface area (Å²) in [4.78, 5) is 39.2. The maximum absolute atomic E-state index is 13.6. The summed E-state index contributed by atoms with van der Waals surface area (Å²) in [7, 11) is 2.48. The molecule has 0 saturated heterocycles. The molecule has 9 heteroatoms. The van der Waals surface area contributed by atoms with Crippen molar-refractivity contribution in [1.29, 1.82) is 0 Å². The van der Waals surface area contributed by atoms with Crippen LogP contribution in [0.15, 0.2) is 18.2 Å². The molecule has 0 bridgehead atoms. The van der Waals surface area contributed by atoms with E-state index < -0.39 is 11.9 Å². The van der Waals surface area contributed by atoms with Gasteiger partial charge in [0.25, 0.3) is 0 Å². The van der Waals surface area contributed by atoms with E-state index in [9.17, 15) is 18.8 Å². The highest BCUT2D eigenvalue weighted by atomic mass is 32.1. The van der Waals surface area contributed by atoms with Gasteiger partial charge >= 0.3 is 11.9 Å². The molecule has 0 spiro atoms. The predicted molar refractivity (Wildman–Crippen MR) is 112 cm³/mol. The molecule has 7 nitrogen and oxygen atoms in total. The molecule has 3 rings (SSSR count). The zero-order valence-corrected chi connectivity index (χ0v) is 18.0. The molecule has 1 aromatic heterocycles. The molecule has 30 heavy (non-hydrogen) atoms. The van der Waals surface area contributed by atoms with E-state index in [4.69, 9.17) is 9.47 Å². The monoisotopic (exact) mass is 434 g/mol. The van der Waals surface area contributed by atoms with Gasteiger partial charge in [0.2, 0.25) is 5.91 Å². The molecule has 1 aliphatic rings. The summed E-state index contributed by atoms with van der Waals surface area (Å²) >= 11 is 0.966. The molecule has 0 fully saturated rings. The van der Waals surface area contributed by atoms with E-state index in [2.05, 4.69) is 5.32 Å². The van der Waals surface area contributed by atoms with Crippen LogP contribution in [-0.2, 0) is 20.7 Å². The second-order valence-electron chi connectivity index (χ2n) is 7.08. The number of hydrogen-bond donors (Lipinski definition) is 1. The number of halogens is 1. The van der Waals surface area contributed by atoms with Crippen LogP contribution in [-0.4, -0.2) is 44.7 Å². The number of anilines is 2. The van der Waals surface area contributed by atoms with E-state index in [0.717, 1.165) is 35.4 Å². The number of esters is 2. The number of rotatable bonds is 5. The average molecular weight is 434 g/mol. The summed E-state index contributed by atoms with van der Waals surface area (Å²) in [5, 5.41) is 2.96. The Kier molecular flexibility index (Phi) is 6.40. The normalized spacial score (nSPS) is 15.4. The van der Waals surface area contributed by atoms with Crippen LogP contribution in [0.25, 0.3) is 0 Å². The molecule has 2 aromatic rings. The Morgan fingerprint density at radius 3 is 2.60 bits per heavy atom. The van der Waals surface area contributed by atoms with Crippen LogP contribution >= 0.6 is 11.3 Å². The van der Waals surface area contributed by atoms with Gasteiger partial charge in [0.15, 0.2) is 0 Å². The van der Waals surface area contributed by atoms with Crippen molar-refractivity contribution in [2.45, 2.75) is 32.7 Å². The molecule has 1 N–H and O–H groups in total. The second-order valence-corrected chi connectivity index (χ2v) is 8.10.